The predicted octanol–water partition coefficient (Wildman–Crippen LogP) is 3.29. The van der Waals surface area contributed by atoms with Crippen LogP contribution in [0.15, 0.2) is 28.7 Å². The molecule has 0 bridgehead atoms. The Bertz CT molecular complexity index is 633. The van der Waals surface area contributed by atoms with Crippen LogP contribution in [0.1, 0.15) is 44.6 Å². The van der Waals surface area contributed by atoms with E-state index in [9.17, 15) is 4.79 Å². The van der Waals surface area contributed by atoms with E-state index in [1.165, 1.54) is 0 Å². The number of hydrogen-bond donors (Lipinski definition) is 2. The van der Waals surface area contributed by atoms with Gasteiger partial charge in [0.25, 0.3) is 0 Å². The second kappa shape index (κ2) is 6.31. The minimum Gasteiger partial charge on any atom is -0.459 e. The minimum absolute atomic E-state index is 0.128. The van der Waals surface area contributed by atoms with Crippen molar-refractivity contribution in [3.63, 3.8) is 0 Å². The molecule has 0 saturated carbocycles. The second-order valence-electron chi connectivity index (χ2n) is 5.73. The normalized spacial score (nSPS) is 15.7. The summed E-state index contributed by atoms with van der Waals surface area (Å²) in [6.07, 6.45) is 0.882. The highest BCUT2D eigenvalue weighted by Gasteiger charge is 2.23. The summed E-state index contributed by atoms with van der Waals surface area (Å²) in [6, 6.07) is 7.21. The Hall–Kier alpha value is -1.81. The molecule has 114 valence electrons. The van der Waals surface area contributed by atoms with Crippen molar-refractivity contribution in [2.45, 2.75) is 46.2 Å². The average Bonchev–Trinajstić information content (AvgIpc) is 2.83. The Morgan fingerprint density at radius 1 is 1.33 bits per heavy atom. The summed E-state index contributed by atoms with van der Waals surface area (Å²) >= 11 is 0. The van der Waals surface area contributed by atoms with Crippen LogP contribution in [0.4, 0.5) is 0 Å². The maximum Gasteiger partial charge on any atom is 0.237 e. The Labute approximate surface area is 125 Å². The molecule has 1 aromatic carbocycles. The molecule has 0 aliphatic rings. The highest BCUT2D eigenvalue weighted by Crippen LogP contribution is 2.29. The van der Waals surface area contributed by atoms with Crippen LogP contribution in [0.5, 0.6) is 0 Å². The Balaban J connectivity index is 2.17. The fourth-order valence-electron chi connectivity index (χ4n) is 2.49. The van der Waals surface area contributed by atoms with Gasteiger partial charge in [0, 0.05) is 10.9 Å². The molecule has 0 spiro atoms. The largest absolute Gasteiger partial charge is 0.459 e. The number of fused-ring (bicyclic) bond motifs is 1. The molecule has 2 aromatic rings. The molecule has 3 N–H and O–H groups in total. The van der Waals surface area contributed by atoms with E-state index < -0.39 is 6.04 Å². The molecule has 4 heteroatoms. The summed E-state index contributed by atoms with van der Waals surface area (Å²) in [7, 11) is 0. The van der Waals surface area contributed by atoms with Crippen molar-refractivity contribution in [1.29, 1.82) is 0 Å². The van der Waals surface area contributed by atoms with Crippen LogP contribution in [0.25, 0.3) is 11.0 Å². The summed E-state index contributed by atoms with van der Waals surface area (Å²) < 4.78 is 5.87. The van der Waals surface area contributed by atoms with Crippen LogP contribution in [-0.4, -0.2) is 11.9 Å². The van der Waals surface area contributed by atoms with Crippen molar-refractivity contribution in [2.75, 3.05) is 0 Å². The molecule has 3 unspecified atom stereocenters. The number of aryl methyl sites for hydroxylation is 1. The average molecular weight is 288 g/mol. The lowest BCUT2D eigenvalue weighted by atomic mass is 9.99. The van der Waals surface area contributed by atoms with Crippen LogP contribution in [0.3, 0.4) is 0 Å². The molecule has 1 heterocycles. The molecule has 0 saturated heterocycles. The number of carbonyl (C=O) groups excluding carboxylic acids is 1. The van der Waals surface area contributed by atoms with Crippen LogP contribution >= 0.6 is 0 Å². The van der Waals surface area contributed by atoms with Gasteiger partial charge >= 0.3 is 0 Å². The smallest absolute Gasteiger partial charge is 0.237 e. The third-order valence-electron chi connectivity index (χ3n) is 4.19. The van der Waals surface area contributed by atoms with Gasteiger partial charge in [-0.1, -0.05) is 38.5 Å². The van der Waals surface area contributed by atoms with Crippen LogP contribution in [-0.2, 0) is 4.79 Å². The molecule has 0 aliphatic heterocycles. The van der Waals surface area contributed by atoms with Crippen LogP contribution < -0.4 is 11.1 Å². The fraction of sp³-hybridized carbons (Fsp3) is 0.471. The van der Waals surface area contributed by atoms with Crippen LogP contribution in [0.2, 0.25) is 0 Å². The number of benzene rings is 1. The first-order valence-electron chi connectivity index (χ1n) is 7.49. The lowest BCUT2D eigenvalue weighted by molar-refractivity contribution is -0.124. The highest BCUT2D eigenvalue weighted by molar-refractivity contribution is 5.84. The molecule has 0 fully saturated rings. The fourth-order valence-corrected chi connectivity index (χ4v) is 2.49. The first-order chi connectivity index (χ1) is 9.95. The summed E-state index contributed by atoms with van der Waals surface area (Å²) in [5.74, 6) is 0.826. The Kier molecular flexibility index (Phi) is 4.68. The van der Waals surface area contributed by atoms with E-state index in [1.54, 1.807) is 0 Å². The molecule has 4 nitrogen and oxygen atoms in total. The third kappa shape index (κ3) is 3.10. The van der Waals surface area contributed by atoms with Crippen molar-refractivity contribution < 1.29 is 9.21 Å². The Morgan fingerprint density at radius 2 is 2.00 bits per heavy atom. The van der Waals surface area contributed by atoms with E-state index in [4.69, 9.17) is 10.2 Å². The van der Waals surface area contributed by atoms with Crippen molar-refractivity contribution >= 4 is 16.9 Å². The maximum absolute atomic E-state index is 12.2. The van der Waals surface area contributed by atoms with Crippen molar-refractivity contribution in [1.82, 2.24) is 5.32 Å². The van der Waals surface area contributed by atoms with Crippen molar-refractivity contribution in [2.24, 2.45) is 11.7 Å². The quantitative estimate of drug-likeness (QED) is 0.887. The van der Waals surface area contributed by atoms with Gasteiger partial charge in [0.15, 0.2) is 0 Å². The van der Waals surface area contributed by atoms with Gasteiger partial charge in [-0.15, -0.1) is 0 Å². The van der Waals surface area contributed by atoms with E-state index in [0.717, 1.165) is 28.7 Å². The number of nitrogens with two attached hydrogens (primary N) is 1. The topological polar surface area (TPSA) is 68.3 Å². The molecule has 3 atom stereocenters. The summed E-state index contributed by atoms with van der Waals surface area (Å²) in [4.78, 5) is 12.2. The standard InChI is InChI=1S/C17H24N2O2/c1-5-10(2)15(18)17(20)19-12(4)16-11(3)13-8-6-7-9-14(13)21-16/h6-10,12,15H,5,18H2,1-4H3,(H,19,20). The molecule has 0 radical (unpaired) electrons. The zero-order valence-corrected chi connectivity index (χ0v) is 13.1. The first kappa shape index (κ1) is 15.6. The zero-order chi connectivity index (χ0) is 15.6. The number of carbonyl (C=O) groups is 1. The third-order valence-corrected chi connectivity index (χ3v) is 4.19. The zero-order valence-electron chi connectivity index (χ0n) is 13.1. The summed E-state index contributed by atoms with van der Waals surface area (Å²) in [5.41, 5.74) is 7.88. The van der Waals surface area contributed by atoms with Gasteiger partial charge in [-0.05, 0) is 25.8 Å². The number of hydrogen-bond acceptors (Lipinski definition) is 3. The van der Waals surface area contributed by atoms with E-state index in [-0.39, 0.29) is 17.9 Å². The molecular weight excluding hydrogens is 264 g/mol. The summed E-state index contributed by atoms with van der Waals surface area (Å²) in [5, 5.41) is 4.04. The molecule has 1 amide bonds. The summed E-state index contributed by atoms with van der Waals surface area (Å²) in [6.45, 7) is 7.95. The van der Waals surface area contributed by atoms with Crippen molar-refractivity contribution in [3.8, 4) is 0 Å². The van der Waals surface area contributed by atoms with E-state index in [2.05, 4.69) is 5.32 Å². The maximum atomic E-state index is 12.2. The number of para-hydroxylation sites is 1. The second-order valence-corrected chi connectivity index (χ2v) is 5.73. The molecular formula is C17H24N2O2. The molecule has 1 aromatic heterocycles. The molecule has 2 rings (SSSR count). The predicted molar refractivity (Wildman–Crippen MR) is 84.9 cm³/mol. The van der Waals surface area contributed by atoms with Crippen LogP contribution in [0, 0.1) is 12.8 Å². The molecule has 0 aliphatic carbocycles. The van der Waals surface area contributed by atoms with E-state index in [0.29, 0.717) is 0 Å². The first-order valence-corrected chi connectivity index (χ1v) is 7.49. The van der Waals surface area contributed by atoms with Gasteiger partial charge in [0.2, 0.25) is 5.91 Å². The monoisotopic (exact) mass is 288 g/mol. The van der Waals surface area contributed by atoms with Crippen molar-refractivity contribution in [3.05, 3.63) is 35.6 Å². The lowest BCUT2D eigenvalue weighted by Gasteiger charge is -2.20. The number of nitrogens with one attached hydrogen (secondary N) is 1. The SMILES string of the molecule is CCC(C)C(N)C(=O)NC(C)c1oc2ccccc2c1C. The Morgan fingerprint density at radius 3 is 2.62 bits per heavy atom. The van der Waals surface area contributed by atoms with Gasteiger partial charge in [-0.3, -0.25) is 4.79 Å². The lowest BCUT2D eigenvalue weighted by Crippen LogP contribution is -2.45. The van der Waals surface area contributed by atoms with Gasteiger partial charge in [-0.25, -0.2) is 0 Å². The number of amides is 1. The highest BCUT2D eigenvalue weighted by atomic mass is 16.3. The minimum atomic E-state index is -0.484. The van der Waals surface area contributed by atoms with E-state index in [1.807, 2.05) is 52.0 Å². The van der Waals surface area contributed by atoms with Gasteiger partial charge in [0.1, 0.15) is 11.3 Å². The van der Waals surface area contributed by atoms with Gasteiger partial charge in [-0.2, -0.15) is 0 Å². The number of rotatable bonds is 5. The van der Waals surface area contributed by atoms with Gasteiger partial charge in [0.05, 0.1) is 12.1 Å². The number of furan rings is 1. The van der Waals surface area contributed by atoms with Gasteiger partial charge < -0.3 is 15.5 Å². The molecule has 21 heavy (non-hydrogen) atoms. The van der Waals surface area contributed by atoms with E-state index >= 15 is 0 Å².